The fraction of sp³-hybridized carbons (Fsp3) is 0.0909. The largest absolute Gasteiger partial charge is 0.421 e. The zero-order valence-electron chi connectivity index (χ0n) is 8.10. The van der Waals surface area contributed by atoms with Crippen molar-refractivity contribution in [3.63, 3.8) is 0 Å². The van der Waals surface area contributed by atoms with Gasteiger partial charge in [0.15, 0.2) is 5.52 Å². The van der Waals surface area contributed by atoms with E-state index in [0.29, 0.717) is 16.6 Å². The van der Waals surface area contributed by atoms with Crippen LogP contribution in [-0.4, -0.2) is 9.55 Å². The molecule has 0 radical (unpaired) electrons. The van der Waals surface area contributed by atoms with E-state index in [-0.39, 0.29) is 5.63 Å². The van der Waals surface area contributed by atoms with Gasteiger partial charge in [-0.3, -0.25) is 0 Å². The number of hydrogen-bond acceptors (Lipinski definition) is 3. The quantitative estimate of drug-likeness (QED) is 0.519. The minimum atomic E-state index is -0.344. The number of nitrogens with zero attached hydrogens (tertiary/aromatic N) is 2. The Hall–Kier alpha value is -2.10. The second kappa shape index (κ2) is 2.70. The molecule has 1 aromatic carbocycles. The van der Waals surface area contributed by atoms with Gasteiger partial charge in [-0.2, -0.15) is 0 Å². The number of hydrogen-bond donors (Lipinski definition) is 0. The molecule has 2 aromatic heterocycles. The predicted molar refractivity (Wildman–Crippen MR) is 56.8 cm³/mol. The molecule has 0 fully saturated rings. The number of benzene rings is 1. The summed E-state index contributed by atoms with van der Waals surface area (Å²) in [5, 5.41) is 0.868. The van der Waals surface area contributed by atoms with Gasteiger partial charge in [0.05, 0.1) is 6.33 Å². The molecule has 2 heterocycles. The lowest BCUT2D eigenvalue weighted by molar-refractivity contribution is 0.565. The van der Waals surface area contributed by atoms with Crippen LogP contribution in [0.2, 0.25) is 0 Å². The molecule has 74 valence electrons. The summed E-state index contributed by atoms with van der Waals surface area (Å²) in [7, 11) is 1.78. The smallest absolute Gasteiger partial charge is 0.362 e. The van der Waals surface area contributed by atoms with Crippen LogP contribution in [0.25, 0.3) is 22.0 Å². The molecule has 4 nitrogen and oxygen atoms in total. The monoisotopic (exact) mass is 200 g/mol. The molecule has 0 atom stereocenters. The van der Waals surface area contributed by atoms with Gasteiger partial charge in [-0.05, 0) is 12.1 Å². The zero-order chi connectivity index (χ0) is 10.4. The van der Waals surface area contributed by atoms with Crippen LogP contribution in [0.5, 0.6) is 0 Å². The Morgan fingerprint density at radius 3 is 3.00 bits per heavy atom. The van der Waals surface area contributed by atoms with Gasteiger partial charge in [0.1, 0.15) is 11.1 Å². The van der Waals surface area contributed by atoms with E-state index >= 15 is 0 Å². The van der Waals surface area contributed by atoms with Crippen molar-refractivity contribution < 1.29 is 4.42 Å². The van der Waals surface area contributed by atoms with Gasteiger partial charge in [0.25, 0.3) is 0 Å². The Bertz CT molecular complexity index is 709. The molecule has 0 N–H and O–H groups in total. The van der Waals surface area contributed by atoms with Crippen LogP contribution in [0.3, 0.4) is 0 Å². The second-order valence-corrected chi connectivity index (χ2v) is 3.44. The highest BCUT2D eigenvalue weighted by atomic mass is 16.4. The van der Waals surface area contributed by atoms with Crippen LogP contribution in [0, 0.1) is 0 Å². The number of para-hydroxylation sites is 1. The summed E-state index contributed by atoms with van der Waals surface area (Å²) in [4.78, 5) is 15.9. The number of imidazole rings is 1. The van der Waals surface area contributed by atoms with E-state index in [9.17, 15) is 4.79 Å². The van der Waals surface area contributed by atoms with Crippen LogP contribution in [0.4, 0.5) is 0 Å². The zero-order valence-corrected chi connectivity index (χ0v) is 8.10. The van der Waals surface area contributed by atoms with Crippen LogP contribution >= 0.6 is 0 Å². The van der Waals surface area contributed by atoms with Gasteiger partial charge in [-0.1, -0.05) is 12.1 Å². The van der Waals surface area contributed by atoms with Crippen molar-refractivity contribution in [1.29, 1.82) is 0 Å². The van der Waals surface area contributed by atoms with Crippen molar-refractivity contribution in [3.05, 3.63) is 41.0 Å². The number of fused-ring (bicyclic) bond motifs is 3. The highest BCUT2D eigenvalue weighted by Gasteiger charge is 2.10. The SMILES string of the molecule is Cn1cnc2c3ccccc3oc(=O)c21. The lowest BCUT2D eigenvalue weighted by Crippen LogP contribution is -2.03. The molecule has 0 spiro atoms. The predicted octanol–water partition coefficient (Wildman–Crippen LogP) is 1.68. The highest BCUT2D eigenvalue weighted by Crippen LogP contribution is 2.20. The highest BCUT2D eigenvalue weighted by molar-refractivity contribution is 6.00. The molecule has 0 aliphatic rings. The number of aromatic nitrogens is 2. The molecule has 0 aliphatic carbocycles. The summed E-state index contributed by atoms with van der Waals surface area (Å²) >= 11 is 0. The average molecular weight is 200 g/mol. The van der Waals surface area contributed by atoms with Crippen molar-refractivity contribution in [2.24, 2.45) is 7.05 Å². The number of aryl methyl sites for hydroxylation is 1. The molecule has 3 aromatic rings. The maximum Gasteiger partial charge on any atom is 0.362 e. The van der Waals surface area contributed by atoms with Crippen molar-refractivity contribution in [2.45, 2.75) is 0 Å². The van der Waals surface area contributed by atoms with Gasteiger partial charge >= 0.3 is 5.63 Å². The fourth-order valence-electron chi connectivity index (χ4n) is 1.77. The molecule has 0 amide bonds. The maximum absolute atomic E-state index is 11.6. The Kier molecular flexibility index (Phi) is 1.48. The molecular weight excluding hydrogens is 192 g/mol. The number of rotatable bonds is 0. The topological polar surface area (TPSA) is 48.0 Å². The molecule has 3 rings (SSSR count). The summed E-state index contributed by atoms with van der Waals surface area (Å²) in [6.07, 6.45) is 1.62. The summed E-state index contributed by atoms with van der Waals surface area (Å²) in [5.74, 6) is 0. The summed E-state index contributed by atoms with van der Waals surface area (Å²) in [6.45, 7) is 0. The first-order valence-electron chi connectivity index (χ1n) is 4.60. The van der Waals surface area contributed by atoms with Crippen LogP contribution in [0.15, 0.2) is 39.8 Å². The Labute approximate surface area is 84.8 Å². The lowest BCUT2D eigenvalue weighted by atomic mass is 10.2. The molecule has 15 heavy (non-hydrogen) atoms. The van der Waals surface area contributed by atoms with E-state index < -0.39 is 0 Å². The van der Waals surface area contributed by atoms with Crippen LogP contribution in [-0.2, 0) is 7.05 Å². The van der Waals surface area contributed by atoms with Crippen molar-refractivity contribution in [1.82, 2.24) is 9.55 Å². The van der Waals surface area contributed by atoms with E-state index in [1.165, 1.54) is 0 Å². The Morgan fingerprint density at radius 1 is 1.33 bits per heavy atom. The van der Waals surface area contributed by atoms with E-state index in [4.69, 9.17) is 4.42 Å². The molecule has 0 saturated carbocycles. The minimum Gasteiger partial charge on any atom is -0.421 e. The van der Waals surface area contributed by atoms with Gasteiger partial charge < -0.3 is 8.98 Å². The third kappa shape index (κ3) is 1.01. The van der Waals surface area contributed by atoms with Gasteiger partial charge in [-0.25, -0.2) is 9.78 Å². The van der Waals surface area contributed by atoms with Gasteiger partial charge in [0.2, 0.25) is 0 Å². The van der Waals surface area contributed by atoms with Crippen molar-refractivity contribution >= 4 is 22.0 Å². The molecule has 0 saturated heterocycles. The molecule has 0 unspecified atom stereocenters. The van der Waals surface area contributed by atoms with Crippen LogP contribution < -0.4 is 5.63 Å². The standard InChI is InChI=1S/C11H8N2O2/c1-13-6-12-9-7-4-2-3-5-8(7)15-11(14)10(9)13/h2-6H,1H3. The third-order valence-corrected chi connectivity index (χ3v) is 2.48. The van der Waals surface area contributed by atoms with Crippen molar-refractivity contribution in [2.75, 3.05) is 0 Å². The first-order valence-corrected chi connectivity index (χ1v) is 4.60. The van der Waals surface area contributed by atoms with Gasteiger partial charge in [-0.15, -0.1) is 0 Å². The third-order valence-electron chi connectivity index (χ3n) is 2.48. The summed E-state index contributed by atoms with van der Waals surface area (Å²) in [5.41, 5.74) is 1.44. The fourth-order valence-corrected chi connectivity index (χ4v) is 1.77. The molecule has 4 heteroatoms. The van der Waals surface area contributed by atoms with E-state index in [1.807, 2.05) is 18.2 Å². The molecular formula is C11H8N2O2. The normalized spacial score (nSPS) is 11.3. The average Bonchev–Trinajstić information content (AvgIpc) is 2.62. The van der Waals surface area contributed by atoms with Crippen molar-refractivity contribution in [3.8, 4) is 0 Å². The lowest BCUT2D eigenvalue weighted by Gasteiger charge is -1.97. The molecule has 0 aliphatic heterocycles. The minimum absolute atomic E-state index is 0.344. The van der Waals surface area contributed by atoms with E-state index in [2.05, 4.69) is 4.98 Å². The summed E-state index contributed by atoms with van der Waals surface area (Å²) < 4.78 is 6.87. The van der Waals surface area contributed by atoms with Gasteiger partial charge in [0, 0.05) is 12.4 Å². The Morgan fingerprint density at radius 2 is 2.13 bits per heavy atom. The Balaban J connectivity index is 2.71. The second-order valence-electron chi connectivity index (χ2n) is 3.44. The maximum atomic E-state index is 11.6. The first kappa shape index (κ1) is 8.23. The van der Waals surface area contributed by atoms with E-state index in [0.717, 1.165) is 5.39 Å². The first-order chi connectivity index (χ1) is 7.27. The van der Waals surface area contributed by atoms with E-state index in [1.54, 1.807) is 24.0 Å². The summed E-state index contributed by atoms with van der Waals surface area (Å²) in [6, 6.07) is 7.40. The van der Waals surface area contributed by atoms with Crippen LogP contribution in [0.1, 0.15) is 0 Å². The molecule has 0 bridgehead atoms.